The van der Waals surface area contributed by atoms with Crippen molar-refractivity contribution in [3.05, 3.63) is 59.7 Å². The van der Waals surface area contributed by atoms with E-state index in [4.69, 9.17) is 9.26 Å². The molecule has 0 unspecified atom stereocenters. The molecule has 0 aliphatic rings. The molecule has 5 heteroatoms. The lowest BCUT2D eigenvalue weighted by atomic mass is 10.0. The van der Waals surface area contributed by atoms with E-state index in [0.717, 1.165) is 30.6 Å². The Hall–Kier alpha value is -2.50. The van der Waals surface area contributed by atoms with Gasteiger partial charge in [0.25, 0.3) is 5.89 Å². The molecule has 0 bridgehead atoms. The van der Waals surface area contributed by atoms with Crippen molar-refractivity contribution in [3.8, 4) is 22.8 Å². The Balaban J connectivity index is 1.64. The summed E-state index contributed by atoms with van der Waals surface area (Å²) in [5.41, 5.74) is 4.42. The molecule has 1 N–H and O–H groups in total. The molecule has 0 atom stereocenters. The zero-order chi connectivity index (χ0) is 19.1. The molecule has 142 valence electrons. The summed E-state index contributed by atoms with van der Waals surface area (Å²) in [4.78, 5) is 4.55. The van der Waals surface area contributed by atoms with Gasteiger partial charge >= 0.3 is 0 Å². The normalized spacial score (nSPS) is 11.3. The molecule has 0 saturated carbocycles. The molecule has 0 aliphatic heterocycles. The van der Waals surface area contributed by atoms with Crippen LogP contribution in [0.3, 0.4) is 0 Å². The van der Waals surface area contributed by atoms with Crippen molar-refractivity contribution < 1.29 is 9.26 Å². The highest BCUT2D eigenvalue weighted by Gasteiger charge is 2.11. The zero-order valence-corrected chi connectivity index (χ0v) is 16.2. The van der Waals surface area contributed by atoms with Gasteiger partial charge in [0.05, 0.1) is 6.61 Å². The summed E-state index contributed by atoms with van der Waals surface area (Å²) in [6, 6.07) is 16.5. The number of aromatic nitrogens is 2. The van der Waals surface area contributed by atoms with Gasteiger partial charge < -0.3 is 14.6 Å². The van der Waals surface area contributed by atoms with Crippen LogP contribution in [0.5, 0.6) is 0 Å². The quantitative estimate of drug-likeness (QED) is 0.572. The van der Waals surface area contributed by atoms with Gasteiger partial charge in [-0.25, -0.2) is 0 Å². The predicted octanol–water partition coefficient (Wildman–Crippen LogP) is 4.34. The van der Waals surface area contributed by atoms with E-state index in [-0.39, 0.29) is 0 Å². The summed E-state index contributed by atoms with van der Waals surface area (Å²) in [7, 11) is 1.70. The Morgan fingerprint density at radius 3 is 2.30 bits per heavy atom. The van der Waals surface area contributed by atoms with Gasteiger partial charge in [-0.1, -0.05) is 55.4 Å². The lowest BCUT2D eigenvalue weighted by molar-refractivity contribution is 0.199. The highest BCUT2D eigenvalue weighted by molar-refractivity contribution is 5.60. The number of hydrogen-bond acceptors (Lipinski definition) is 5. The smallest absolute Gasteiger partial charge is 0.258 e. The Kier molecular flexibility index (Phi) is 6.74. The Morgan fingerprint density at radius 2 is 1.63 bits per heavy atom. The molecule has 2 aromatic carbocycles. The molecule has 0 saturated heterocycles. The van der Waals surface area contributed by atoms with Crippen molar-refractivity contribution in [2.24, 2.45) is 5.92 Å². The molecule has 3 rings (SSSR count). The molecule has 0 radical (unpaired) electrons. The second-order valence-electron chi connectivity index (χ2n) is 7.08. The van der Waals surface area contributed by atoms with Crippen LogP contribution in [0.2, 0.25) is 0 Å². The van der Waals surface area contributed by atoms with Gasteiger partial charge in [-0.15, -0.1) is 0 Å². The van der Waals surface area contributed by atoms with Crippen LogP contribution < -0.4 is 5.32 Å². The van der Waals surface area contributed by atoms with E-state index in [9.17, 15) is 0 Å². The van der Waals surface area contributed by atoms with Gasteiger partial charge in [0.2, 0.25) is 5.82 Å². The maximum atomic E-state index is 5.46. The van der Waals surface area contributed by atoms with Crippen LogP contribution in [0.4, 0.5) is 0 Å². The predicted molar refractivity (Wildman–Crippen MR) is 107 cm³/mol. The second-order valence-corrected chi connectivity index (χ2v) is 7.08. The van der Waals surface area contributed by atoms with E-state index in [0.29, 0.717) is 24.2 Å². The van der Waals surface area contributed by atoms with Crippen LogP contribution in [0.1, 0.15) is 25.0 Å². The van der Waals surface area contributed by atoms with Crippen LogP contribution in [0.15, 0.2) is 53.1 Å². The number of nitrogens with one attached hydrogen (secondary N) is 1. The van der Waals surface area contributed by atoms with Crippen molar-refractivity contribution >= 4 is 0 Å². The summed E-state index contributed by atoms with van der Waals surface area (Å²) < 4.78 is 10.5. The average Bonchev–Trinajstić information content (AvgIpc) is 3.16. The van der Waals surface area contributed by atoms with E-state index in [1.807, 2.05) is 24.3 Å². The monoisotopic (exact) mass is 365 g/mol. The maximum absolute atomic E-state index is 5.46. The van der Waals surface area contributed by atoms with Gasteiger partial charge in [-0.3, -0.25) is 0 Å². The molecule has 3 aromatic rings. The summed E-state index contributed by atoms with van der Waals surface area (Å²) >= 11 is 0. The molecule has 0 spiro atoms. The van der Waals surface area contributed by atoms with Gasteiger partial charge in [-0.2, -0.15) is 4.98 Å². The fourth-order valence-electron chi connectivity index (χ4n) is 2.89. The third-order valence-electron chi connectivity index (χ3n) is 4.30. The molecule has 0 amide bonds. The highest BCUT2D eigenvalue weighted by atomic mass is 16.5. The number of methoxy groups -OCH3 is 1. The van der Waals surface area contributed by atoms with E-state index in [1.54, 1.807) is 7.11 Å². The zero-order valence-electron chi connectivity index (χ0n) is 16.2. The van der Waals surface area contributed by atoms with E-state index in [2.05, 4.69) is 53.6 Å². The fourth-order valence-corrected chi connectivity index (χ4v) is 2.89. The molecule has 5 nitrogen and oxygen atoms in total. The van der Waals surface area contributed by atoms with Crippen molar-refractivity contribution in [3.63, 3.8) is 0 Å². The first-order chi connectivity index (χ1) is 13.2. The summed E-state index contributed by atoms with van der Waals surface area (Å²) in [6.07, 6.45) is 1.07. The number of ether oxygens (including phenoxy) is 1. The van der Waals surface area contributed by atoms with Gasteiger partial charge in [-0.05, 0) is 35.6 Å². The minimum atomic E-state index is 0.548. The van der Waals surface area contributed by atoms with E-state index in [1.165, 1.54) is 11.1 Å². The fraction of sp³-hybridized carbons (Fsp3) is 0.364. The Bertz CT molecular complexity index is 824. The van der Waals surface area contributed by atoms with Crippen molar-refractivity contribution in [1.82, 2.24) is 15.5 Å². The van der Waals surface area contributed by atoms with Crippen LogP contribution >= 0.6 is 0 Å². The molecule has 1 heterocycles. The van der Waals surface area contributed by atoms with Crippen LogP contribution in [0, 0.1) is 5.92 Å². The standard InChI is InChI=1S/C22H27N3O2/c1-16(2)14-17-4-10-20(11-5-17)22-24-21(25-27-22)19-8-6-18(7-9-19)15-23-12-13-26-3/h4-11,16,23H,12-15H2,1-3H3. The molecule has 27 heavy (non-hydrogen) atoms. The topological polar surface area (TPSA) is 60.2 Å². The number of hydrogen-bond donors (Lipinski definition) is 1. The molecule has 0 fully saturated rings. The van der Waals surface area contributed by atoms with Crippen molar-refractivity contribution in [1.29, 1.82) is 0 Å². The lowest BCUT2D eigenvalue weighted by Gasteiger charge is -2.04. The summed E-state index contributed by atoms with van der Waals surface area (Å²) in [5, 5.41) is 7.46. The number of rotatable bonds is 9. The van der Waals surface area contributed by atoms with Crippen molar-refractivity contribution in [2.75, 3.05) is 20.3 Å². The molecule has 1 aromatic heterocycles. The van der Waals surface area contributed by atoms with Crippen molar-refractivity contribution in [2.45, 2.75) is 26.8 Å². The van der Waals surface area contributed by atoms with Gasteiger partial charge in [0.1, 0.15) is 0 Å². The molecular formula is C22H27N3O2. The minimum absolute atomic E-state index is 0.548. The third-order valence-corrected chi connectivity index (χ3v) is 4.30. The highest BCUT2D eigenvalue weighted by Crippen LogP contribution is 2.23. The summed E-state index contributed by atoms with van der Waals surface area (Å²) in [6.45, 7) is 6.80. The third kappa shape index (κ3) is 5.49. The van der Waals surface area contributed by atoms with Crippen LogP contribution in [-0.4, -0.2) is 30.4 Å². The first kappa shape index (κ1) is 19.3. The SMILES string of the molecule is COCCNCc1ccc(-c2noc(-c3ccc(CC(C)C)cc3)n2)cc1. The Labute approximate surface area is 160 Å². The second kappa shape index (κ2) is 9.44. The lowest BCUT2D eigenvalue weighted by Crippen LogP contribution is -2.18. The van der Waals surface area contributed by atoms with Crippen LogP contribution in [-0.2, 0) is 17.7 Å². The van der Waals surface area contributed by atoms with E-state index >= 15 is 0 Å². The van der Waals surface area contributed by atoms with E-state index < -0.39 is 0 Å². The first-order valence-electron chi connectivity index (χ1n) is 9.37. The number of benzene rings is 2. The van der Waals surface area contributed by atoms with Gasteiger partial charge in [0, 0.05) is 31.3 Å². The largest absolute Gasteiger partial charge is 0.383 e. The summed E-state index contributed by atoms with van der Waals surface area (Å²) in [5.74, 6) is 1.80. The Morgan fingerprint density at radius 1 is 0.963 bits per heavy atom. The minimum Gasteiger partial charge on any atom is -0.383 e. The maximum Gasteiger partial charge on any atom is 0.258 e. The van der Waals surface area contributed by atoms with Crippen LogP contribution in [0.25, 0.3) is 22.8 Å². The molecule has 0 aliphatic carbocycles. The van der Waals surface area contributed by atoms with Gasteiger partial charge in [0.15, 0.2) is 0 Å². The number of nitrogens with zero attached hydrogens (tertiary/aromatic N) is 2. The molecular weight excluding hydrogens is 338 g/mol. The average molecular weight is 365 g/mol. The first-order valence-corrected chi connectivity index (χ1v) is 9.37.